The fraction of sp³-hybridized carbons (Fsp3) is 0.500. The van der Waals surface area contributed by atoms with Crippen molar-refractivity contribution in [1.29, 1.82) is 0 Å². The first-order chi connectivity index (χ1) is 14.4. The van der Waals surface area contributed by atoms with E-state index in [-0.39, 0.29) is 23.5 Å². The minimum absolute atomic E-state index is 0.0643. The first kappa shape index (κ1) is 20.8. The van der Waals surface area contributed by atoms with E-state index in [0.29, 0.717) is 24.1 Å². The Morgan fingerprint density at radius 3 is 2.73 bits per heavy atom. The predicted molar refractivity (Wildman–Crippen MR) is 116 cm³/mol. The second kappa shape index (κ2) is 8.71. The van der Waals surface area contributed by atoms with Crippen molar-refractivity contribution in [2.24, 2.45) is 5.92 Å². The summed E-state index contributed by atoms with van der Waals surface area (Å²) in [5.74, 6) is -0.304. The number of anilines is 2. The normalized spacial score (nSPS) is 18.8. The van der Waals surface area contributed by atoms with E-state index in [0.717, 1.165) is 49.8 Å². The molecule has 30 heavy (non-hydrogen) atoms. The van der Waals surface area contributed by atoms with Gasteiger partial charge in [0.1, 0.15) is 5.82 Å². The number of carbonyl (C=O) groups is 2. The first-order valence-corrected chi connectivity index (χ1v) is 11.3. The average molecular weight is 431 g/mol. The van der Waals surface area contributed by atoms with Gasteiger partial charge in [-0.1, -0.05) is 13.0 Å². The number of piperazine rings is 1. The van der Waals surface area contributed by atoms with Crippen molar-refractivity contribution in [1.82, 2.24) is 9.88 Å². The number of halogens is 1. The standard InChI is InChI=1S/C22H27FN4O2S/c1-3-20(28)26-8-10-27(11-9-26)22-25-18-7-5-15(12-19(18)30-22)21(29)24-16-6-4-14(2)17(23)13-16/h4,6,13,15H,3,5,7-12H2,1-2H3,(H,24,29)/t15-/m0/s1. The van der Waals surface area contributed by atoms with Crippen LogP contribution in [0.4, 0.5) is 15.2 Å². The Bertz CT molecular complexity index is 953. The highest BCUT2D eigenvalue weighted by Crippen LogP contribution is 2.35. The number of hydrogen-bond acceptors (Lipinski definition) is 5. The number of fused-ring (bicyclic) bond motifs is 1. The van der Waals surface area contributed by atoms with Crippen LogP contribution in [0, 0.1) is 18.7 Å². The van der Waals surface area contributed by atoms with Crippen molar-refractivity contribution in [2.45, 2.75) is 39.5 Å². The summed E-state index contributed by atoms with van der Waals surface area (Å²) >= 11 is 1.66. The molecule has 6 nitrogen and oxygen atoms in total. The number of aromatic nitrogens is 1. The molecule has 1 fully saturated rings. The molecule has 4 rings (SSSR count). The lowest BCUT2D eigenvalue weighted by Gasteiger charge is -2.34. The molecule has 2 aliphatic rings. The molecule has 2 aromatic rings. The smallest absolute Gasteiger partial charge is 0.227 e. The number of carbonyl (C=O) groups excluding carboxylic acids is 2. The van der Waals surface area contributed by atoms with E-state index in [1.165, 1.54) is 10.9 Å². The zero-order valence-corrected chi connectivity index (χ0v) is 18.2. The molecule has 0 radical (unpaired) electrons. The third kappa shape index (κ3) is 4.33. The van der Waals surface area contributed by atoms with Crippen LogP contribution in [0.3, 0.4) is 0 Å². The zero-order valence-electron chi connectivity index (χ0n) is 17.4. The Labute approximate surface area is 180 Å². The number of rotatable bonds is 4. The van der Waals surface area contributed by atoms with Gasteiger partial charge in [0.15, 0.2) is 5.13 Å². The summed E-state index contributed by atoms with van der Waals surface area (Å²) in [6, 6.07) is 4.78. The van der Waals surface area contributed by atoms with Gasteiger partial charge in [0.25, 0.3) is 0 Å². The van der Waals surface area contributed by atoms with Crippen LogP contribution in [0.1, 0.15) is 35.9 Å². The number of nitrogens with one attached hydrogen (secondary N) is 1. The van der Waals surface area contributed by atoms with Gasteiger partial charge in [-0.25, -0.2) is 9.37 Å². The van der Waals surface area contributed by atoms with Gasteiger partial charge < -0.3 is 15.1 Å². The van der Waals surface area contributed by atoms with Crippen molar-refractivity contribution in [2.75, 3.05) is 36.4 Å². The van der Waals surface area contributed by atoms with Crippen molar-refractivity contribution in [3.05, 3.63) is 40.2 Å². The van der Waals surface area contributed by atoms with E-state index >= 15 is 0 Å². The van der Waals surface area contributed by atoms with Crippen LogP contribution < -0.4 is 10.2 Å². The molecule has 1 aromatic heterocycles. The molecule has 1 N–H and O–H groups in total. The lowest BCUT2D eigenvalue weighted by molar-refractivity contribution is -0.131. The van der Waals surface area contributed by atoms with Crippen molar-refractivity contribution in [3.63, 3.8) is 0 Å². The number of aryl methyl sites for hydroxylation is 2. The van der Waals surface area contributed by atoms with E-state index < -0.39 is 0 Å². The highest BCUT2D eigenvalue weighted by Gasteiger charge is 2.29. The molecular formula is C22H27FN4O2S. The molecule has 2 heterocycles. The van der Waals surface area contributed by atoms with Gasteiger partial charge in [-0.3, -0.25) is 9.59 Å². The van der Waals surface area contributed by atoms with Gasteiger partial charge in [0, 0.05) is 49.1 Å². The molecule has 0 saturated carbocycles. The molecule has 1 aliphatic carbocycles. The second-order valence-electron chi connectivity index (χ2n) is 7.98. The number of hydrogen-bond donors (Lipinski definition) is 1. The average Bonchev–Trinajstić information content (AvgIpc) is 3.19. The van der Waals surface area contributed by atoms with E-state index in [2.05, 4.69) is 10.2 Å². The Hall–Kier alpha value is -2.48. The monoisotopic (exact) mass is 430 g/mol. The van der Waals surface area contributed by atoms with Crippen molar-refractivity contribution >= 4 is 34.0 Å². The summed E-state index contributed by atoms with van der Waals surface area (Å²) in [6.07, 6.45) is 2.74. The molecular weight excluding hydrogens is 403 g/mol. The lowest BCUT2D eigenvalue weighted by Crippen LogP contribution is -2.48. The topological polar surface area (TPSA) is 65.5 Å². The Morgan fingerprint density at radius 1 is 1.27 bits per heavy atom. The maximum atomic E-state index is 13.8. The van der Waals surface area contributed by atoms with Gasteiger partial charge in [-0.05, 0) is 43.9 Å². The van der Waals surface area contributed by atoms with Crippen molar-refractivity contribution in [3.8, 4) is 0 Å². The molecule has 2 amide bonds. The van der Waals surface area contributed by atoms with Gasteiger partial charge in [-0.15, -0.1) is 11.3 Å². The number of thiazole rings is 1. The van der Waals surface area contributed by atoms with Crippen LogP contribution in [0.5, 0.6) is 0 Å². The van der Waals surface area contributed by atoms with Crippen LogP contribution in [-0.4, -0.2) is 47.9 Å². The van der Waals surface area contributed by atoms with Crippen LogP contribution in [0.15, 0.2) is 18.2 Å². The predicted octanol–water partition coefficient (Wildman–Crippen LogP) is 3.39. The molecule has 160 valence electrons. The lowest BCUT2D eigenvalue weighted by atomic mass is 9.90. The maximum absolute atomic E-state index is 13.8. The molecule has 0 unspecified atom stereocenters. The first-order valence-electron chi connectivity index (χ1n) is 10.5. The minimum atomic E-state index is -0.313. The Morgan fingerprint density at radius 2 is 2.03 bits per heavy atom. The Balaban J connectivity index is 1.37. The summed E-state index contributed by atoms with van der Waals surface area (Å²) in [4.78, 5) is 34.7. The van der Waals surface area contributed by atoms with Gasteiger partial charge in [0.05, 0.1) is 5.69 Å². The molecule has 1 aromatic carbocycles. The SMILES string of the molecule is CCC(=O)N1CCN(c2nc3c(s2)C[C@@H](C(=O)Nc2ccc(C)c(F)c2)CC3)CC1. The number of nitrogens with zero attached hydrogens (tertiary/aromatic N) is 3. The highest BCUT2D eigenvalue weighted by molar-refractivity contribution is 7.15. The van der Waals surface area contributed by atoms with E-state index in [1.807, 2.05) is 11.8 Å². The van der Waals surface area contributed by atoms with Crippen LogP contribution >= 0.6 is 11.3 Å². The van der Waals surface area contributed by atoms with Gasteiger partial charge in [-0.2, -0.15) is 0 Å². The molecule has 1 saturated heterocycles. The molecule has 0 bridgehead atoms. The summed E-state index contributed by atoms with van der Waals surface area (Å²) in [5, 5.41) is 3.85. The number of benzene rings is 1. The van der Waals surface area contributed by atoms with E-state index in [4.69, 9.17) is 4.98 Å². The third-order valence-electron chi connectivity index (χ3n) is 5.94. The molecule has 1 aliphatic heterocycles. The molecule has 0 spiro atoms. The van der Waals surface area contributed by atoms with Crippen LogP contribution in [0.2, 0.25) is 0 Å². The fourth-order valence-electron chi connectivity index (χ4n) is 4.01. The molecule has 1 atom stereocenters. The zero-order chi connectivity index (χ0) is 21.3. The Kier molecular flexibility index (Phi) is 6.04. The number of amides is 2. The largest absolute Gasteiger partial charge is 0.345 e. The summed E-state index contributed by atoms with van der Waals surface area (Å²) in [6.45, 7) is 6.64. The van der Waals surface area contributed by atoms with E-state index in [1.54, 1.807) is 30.4 Å². The van der Waals surface area contributed by atoms with Crippen LogP contribution in [-0.2, 0) is 22.4 Å². The second-order valence-corrected chi connectivity index (χ2v) is 9.04. The third-order valence-corrected chi connectivity index (χ3v) is 7.12. The fourth-order valence-corrected chi connectivity index (χ4v) is 5.24. The van der Waals surface area contributed by atoms with Gasteiger partial charge in [0.2, 0.25) is 11.8 Å². The van der Waals surface area contributed by atoms with Crippen molar-refractivity contribution < 1.29 is 14.0 Å². The van der Waals surface area contributed by atoms with E-state index in [9.17, 15) is 14.0 Å². The maximum Gasteiger partial charge on any atom is 0.227 e. The minimum Gasteiger partial charge on any atom is -0.345 e. The van der Waals surface area contributed by atoms with Crippen LogP contribution in [0.25, 0.3) is 0 Å². The van der Waals surface area contributed by atoms with Gasteiger partial charge >= 0.3 is 0 Å². The summed E-state index contributed by atoms with van der Waals surface area (Å²) in [5.41, 5.74) is 2.15. The molecule has 8 heteroatoms. The summed E-state index contributed by atoms with van der Waals surface area (Å²) < 4.78 is 13.8. The summed E-state index contributed by atoms with van der Waals surface area (Å²) in [7, 11) is 0. The highest BCUT2D eigenvalue weighted by atomic mass is 32.1. The quantitative estimate of drug-likeness (QED) is 0.808.